The van der Waals surface area contributed by atoms with E-state index in [4.69, 9.17) is 5.73 Å². The summed E-state index contributed by atoms with van der Waals surface area (Å²) in [6, 6.07) is 6.94. The second-order valence-corrected chi connectivity index (χ2v) is 5.38. The van der Waals surface area contributed by atoms with Gasteiger partial charge < -0.3 is 5.73 Å². The quantitative estimate of drug-likeness (QED) is 0.859. The summed E-state index contributed by atoms with van der Waals surface area (Å²) in [6.45, 7) is 1.02. The molecule has 1 amide bonds. The van der Waals surface area contributed by atoms with Crippen LogP contribution in [0, 0.1) is 0 Å². The van der Waals surface area contributed by atoms with Gasteiger partial charge in [-0.2, -0.15) is 0 Å². The predicted molar refractivity (Wildman–Crippen MR) is 72.3 cm³/mol. The van der Waals surface area contributed by atoms with Gasteiger partial charge in [0.15, 0.2) is 5.78 Å². The molecule has 1 saturated heterocycles. The van der Waals surface area contributed by atoms with Crippen molar-refractivity contribution >= 4 is 27.6 Å². The van der Waals surface area contributed by atoms with Gasteiger partial charge in [-0.15, -0.1) is 0 Å². The minimum absolute atomic E-state index is 0.0238. The molecule has 1 atom stereocenters. The number of primary amides is 1. The van der Waals surface area contributed by atoms with Gasteiger partial charge in [0.05, 0.1) is 12.6 Å². The van der Waals surface area contributed by atoms with E-state index in [-0.39, 0.29) is 24.3 Å². The second-order valence-electron chi connectivity index (χ2n) is 4.46. The summed E-state index contributed by atoms with van der Waals surface area (Å²) in [6.07, 6.45) is 1.67. The molecular formula is C13H15BrN2O2. The van der Waals surface area contributed by atoms with Gasteiger partial charge in [-0.1, -0.05) is 28.1 Å². The average Bonchev–Trinajstić information content (AvgIpc) is 2.78. The molecule has 5 heteroatoms. The van der Waals surface area contributed by atoms with Crippen LogP contribution in [0.15, 0.2) is 28.7 Å². The SMILES string of the molecule is NC(=O)C1CCCN1CC(=O)c1ccc(Br)cc1. The third kappa shape index (κ3) is 2.97. The minimum atomic E-state index is -0.337. The van der Waals surface area contributed by atoms with Gasteiger partial charge in [0.1, 0.15) is 0 Å². The molecule has 18 heavy (non-hydrogen) atoms. The van der Waals surface area contributed by atoms with Crippen molar-refractivity contribution in [3.8, 4) is 0 Å². The minimum Gasteiger partial charge on any atom is -0.368 e. The lowest BCUT2D eigenvalue weighted by molar-refractivity contribution is -0.122. The fraction of sp³-hybridized carbons (Fsp3) is 0.385. The zero-order valence-electron chi connectivity index (χ0n) is 9.93. The maximum Gasteiger partial charge on any atom is 0.234 e. The number of likely N-dealkylation sites (tertiary alicyclic amines) is 1. The Hall–Kier alpha value is -1.20. The van der Waals surface area contributed by atoms with Gasteiger partial charge in [0.25, 0.3) is 0 Å². The molecule has 1 aromatic rings. The second kappa shape index (κ2) is 5.63. The van der Waals surface area contributed by atoms with Crippen molar-refractivity contribution in [1.29, 1.82) is 0 Å². The van der Waals surface area contributed by atoms with Crippen molar-refractivity contribution in [1.82, 2.24) is 4.90 Å². The molecule has 0 radical (unpaired) electrons. The molecule has 2 N–H and O–H groups in total. The van der Waals surface area contributed by atoms with Crippen LogP contribution < -0.4 is 5.73 Å². The standard InChI is InChI=1S/C13H15BrN2O2/c14-10-5-3-9(4-6-10)12(17)8-16-7-1-2-11(16)13(15)18/h3-6,11H,1-2,7-8H2,(H2,15,18). The zero-order chi connectivity index (χ0) is 13.1. The lowest BCUT2D eigenvalue weighted by Crippen LogP contribution is -2.42. The lowest BCUT2D eigenvalue weighted by atomic mass is 10.1. The molecule has 2 rings (SSSR count). The Kier molecular flexibility index (Phi) is 4.14. The number of nitrogens with two attached hydrogens (primary N) is 1. The lowest BCUT2D eigenvalue weighted by Gasteiger charge is -2.20. The van der Waals surface area contributed by atoms with Crippen LogP contribution in [-0.2, 0) is 4.79 Å². The Morgan fingerprint density at radius 1 is 1.33 bits per heavy atom. The molecule has 0 aliphatic carbocycles. The van der Waals surface area contributed by atoms with E-state index in [2.05, 4.69) is 15.9 Å². The van der Waals surface area contributed by atoms with E-state index in [0.29, 0.717) is 5.56 Å². The Balaban J connectivity index is 2.03. The topological polar surface area (TPSA) is 63.4 Å². The predicted octanol–water partition coefficient (Wildman–Crippen LogP) is 1.58. The van der Waals surface area contributed by atoms with E-state index >= 15 is 0 Å². The third-order valence-corrected chi connectivity index (χ3v) is 3.73. The molecule has 0 aromatic heterocycles. The van der Waals surface area contributed by atoms with Crippen molar-refractivity contribution in [2.45, 2.75) is 18.9 Å². The van der Waals surface area contributed by atoms with Crippen LogP contribution in [0.3, 0.4) is 0 Å². The van der Waals surface area contributed by atoms with Crippen LogP contribution >= 0.6 is 15.9 Å². The molecule has 4 nitrogen and oxygen atoms in total. The molecule has 1 aliphatic rings. The number of carbonyl (C=O) groups excluding carboxylic acids is 2. The van der Waals surface area contributed by atoms with Crippen LogP contribution in [-0.4, -0.2) is 35.7 Å². The van der Waals surface area contributed by atoms with Crippen LogP contribution in [0.1, 0.15) is 23.2 Å². The van der Waals surface area contributed by atoms with E-state index < -0.39 is 0 Å². The van der Waals surface area contributed by atoms with Crippen molar-refractivity contribution in [2.24, 2.45) is 5.73 Å². The number of halogens is 1. The maximum absolute atomic E-state index is 12.1. The normalized spacial score (nSPS) is 19.9. The van der Waals surface area contributed by atoms with E-state index in [9.17, 15) is 9.59 Å². The number of hydrogen-bond acceptors (Lipinski definition) is 3. The molecule has 0 saturated carbocycles. The first-order valence-corrected chi connectivity index (χ1v) is 6.69. The number of nitrogens with zero attached hydrogens (tertiary/aromatic N) is 1. The molecule has 96 valence electrons. The van der Waals surface area contributed by atoms with Gasteiger partial charge in [-0.05, 0) is 31.5 Å². The third-order valence-electron chi connectivity index (χ3n) is 3.20. The average molecular weight is 311 g/mol. The number of Topliss-reactive ketones (excluding diaryl/α,β-unsaturated/α-hetero) is 1. The van der Waals surface area contributed by atoms with Crippen LogP contribution in [0.25, 0.3) is 0 Å². The van der Waals surface area contributed by atoms with E-state index in [1.54, 1.807) is 12.1 Å². The molecule has 0 spiro atoms. The van der Waals surface area contributed by atoms with E-state index in [1.165, 1.54) is 0 Å². The van der Waals surface area contributed by atoms with Gasteiger partial charge >= 0.3 is 0 Å². The first-order chi connectivity index (χ1) is 8.58. The highest BCUT2D eigenvalue weighted by Gasteiger charge is 2.30. The molecule has 1 unspecified atom stereocenters. The Labute approximate surface area is 114 Å². The van der Waals surface area contributed by atoms with Crippen molar-refractivity contribution in [3.63, 3.8) is 0 Å². The monoisotopic (exact) mass is 310 g/mol. The number of ketones is 1. The summed E-state index contributed by atoms with van der Waals surface area (Å²) in [7, 11) is 0. The first-order valence-electron chi connectivity index (χ1n) is 5.90. The Morgan fingerprint density at radius 2 is 2.00 bits per heavy atom. The van der Waals surface area contributed by atoms with Crippen molar-refractivity contribution < 1.29 is 9.59 Å². The number of amides is 1. The number of benzene rings is 1. The van der Waals surface area contributed by atoms with Crippen LogP contribution in [0.2, 0.25) is 0 Å². The molecule has 1 heterocycles. The van der Waals surface area contributed by atoms with Crippen LogP contribution in [0.5, 0.6) is 0 Å². The smallest absolute Gasteiger partial charge is 0.234 e. The number of hydrogen-bond donors (Lipinski definition) is 1. The van der Waals surface area contributed by atoms with Crippen molar-refractivity contribution in [2.75, 3.05) is 13.1 Å². The summed E-state index contributed by atoms with van der Waals surface area (Å²) in [5.41, 5.74) is 5.98. The molecule has 1 fully saturated rings. The van der Waals surface area contributed by atoms with Crippen molar-refractivity contribution in [3.05, 3.63) is 34.3 Å². The first kappa shape index (κ1) is 13.2. The van der Waals surface area contributed by atoms with E-state index in [1.807, 2.05) is 17.0 Å². The summed E-state index contributed by atoms with van der Waals surface area (Å²) in [5, 5.41) is 0. The molecular weight excluding hydrogens is 296 g/mol. The molecule has 1 aliphatic heterocycles. The van der Waals surface area contributed by atoms with Crippen LogP contribution in [0.4, 0.5) is 0 Å². The fourth-order valence-electron chi connectivity index (χ4n) is 2.25. The van der Waals surface area contributed by atoms with Gasteiger partial charge in [0.2, 0.25) is 5.91 Å². The summed E-state index contributed by atoms with van der Waals surface area (Å²) >= 11 is 3.33. The van der Waals surface area contributed by atoms with Gasteiger partial charge in [-0.25, -0.2) is 0 Å². The Bertz CT molecular complexity index is 459. The molecule has 1 aromatic carbocycles. The number of rotatable bonds is 4. The molecule has 0 bridgehead atoms. The van der Waals surface area contributed by atoms with E-state index in [0.717, 1.165) is 23.9 Å². The van der Waals surface area contributed by atoms with Gasteiger partial charge in [0, 0.05) is 10.0 Å². The Morgan fingerprint density at radius 3 is 2.61 bits per heavy atom. The van der Waals surface area contributed by atoms with Gasteiger partial charge in [-0.3, -0.25) is 14.5 Å². The highest BCUT2D eigenvalue weighted by Crippen LogP contribution is 2.18. The maximum atomic E-state index is 12.1. The highest BCUT2D eigenvalue weighted by molar-refractivity contribution is 9.10. The fourth-order valence-corrected chi connectivity index (χ4v) is 2.51. The summed E-state index contributed by atoms with van der Waals surface area (Å²) in [5.74, 6) is -0.313. The highest BCUT2D eigenvalue weighted by atomic mass is 79.9. The summed E-state index contributed by atoms with van der Waals surface area (Å²) in [4.78, 5) is 25.2. The summed E-state index contributed by atoms with van der Waals surface area (Å²) < 4.78 is 0.940. The number of carbonyl (C=O) groups is 2. The zero-order valence-corrected chi connectivity index (χ0v) is 11.5. The largest absolute Gasteiger partial charge is 0.368 e.